The number of carbonyl (C=O) groups is 2. The molecular weight excluding hydrogens is 675 g/mol. The molecule has 0 radical (unpaired) electrons. The van der Waals surface area contributed by atoms with Crippen LogP contribution in [-0.2, 0) is 21.6 Å². The minimum Gasteiger partial charge on any atom is -0.462 e. The van der Waals surface area contributed by atoms with Crippen molar-refractivity contribution in [2.75, 3.05) is 13.2 Å². The first-order valence-corrected chi connectivity index (χ1v) is 20.0. The van der Waals surface area contributed by atoms with Crippen LogP contribution in [0, 0.1) is 5.92 Å². The Balaban J connectivity index is 0.911. The van der Waals surface area contributed by atoms with Crippen molar-refractivity contribution in [1.82, 2.24) is 15.5 Å². The van der Waals surface area contributed by atoms with Crippen LogP contribution >= 0.6 is 0 Å². The highest BCUT2D eigenvalue weighted by molar-refractivity contribution is 5.78. The summed E-state index contributed by atoms with van der Waals surface area (Å²) in [6.45, 7) is 0.804. The molecule has 4 aromatic rings. The Kier molecular flexibility index (Phi) is 12.4. The lowest BCUT2D eigenvalue weighted by atomic mass is 9.77. The van der Waals surface area contributed by atoms with Gasteiger partial charge < -0.3 is 25.6 Å². The summed E-state index contributed by atoms with van der Waals surface area (Å²) in [7, 11) is 0. The fourth-order valence-corrected chi connectivity index (χ4v) is 9.35. The van der Waals surface area contributed by atoms with Gasteiger partial charge >= 0.3 is 12.0 Å². The molecular formula is C46H55N3O5. The van der Waals surface area contributed by atoms with Crippen molar-refractivity contribution in [1.29, 1.82) is 0 Å². The number of ether oxygens (including phenoxy) is 1. The summed E-state index contributed by atoms with van der Waals surface area (Å²) in [4.78, 5) is 29.4. The molecule has 0 spiro atoms. The summed E-state index contributed by atoms with van der Waals surface area (Å²) >= 11 is 0. The van der Waals surface area contributed by atoms with Gasteiger partial charge in [-0.2, -0.15) is 0 Å². The van der Waals surface area contributed by atoms with Gasteiger partial charge in [0.05, 0.1) is 12.6 Å². The molecule has 2 saturated heterocycles. The molecule has 1 saturated carbocycles. The van der Waals surface area contributed by atoms with E-state index in [9.17, 15) is 19.8 Å². The third-order valence-corrected chi connectivity index (χ3v) is 12.3. The van der Waals surface area contributed by atoms with Gasteiger partial charge in [-0.3, -0.25) is 9.69 Å². The summed E-state index contributed by atoms with van der Waals surface area (Å²) in [5, 5.41) is 29.1. The molecule has 54 heavy (non-hydrogen) atoms. The summed E-state index contributed by atoms with van der Waals surface area (Å²) < 4.78 is 6.00. The fourth-order valence-electron chi connectivity index (χ4n) is 9.35. The molecule has 0 aromatic heterocycles. The van der Waals surface area contributed by atoms with Crippen LogP contribution in [0.25, 0.3) is 0 Å². The lowest BCUT2D eigenvalue weighted by molar-refractivity contribution is -0.155. The Hall–Kier alpha value is -4.50. The number of amides is 2. The lowest BCUT2D eigenvalue weighted by Crippen LogP contribution is -2.56. The Morgan fingerprint density at radius 2 is 1.28 bits per heavy atom. The maximum Gasteiger partial charge on any atom is 0.316 e. The predicted molar refractivity (Wildman–Crippen MR) is 211 cm³/mol. The van der Waals surface area contributed by atoms with Crippen LogP contribution in [0.4, 0.5) is 4.79 Å². The Bertz CT molecular complexity index is 1710. The number of piperidine rings is 1. The minimum absolute atomic E-state index is 0.0837. The zero-order chi connectivity index (χ0) is 37.3. The smallest absolute Gasteiger partial charge is 0.316 e. The SMILES string of the molecule is O=C(NC1CCC(CCN2C3CCC2CC(OC(=O)C(CO)c2ccccc2)C3)CC1)N[C@H](Cc1ccccc1)C(O)(c1ccccc1)c1ccccc1. The molecule has 1 aliphatic carbocycles. The van der Waals surface area contributed by atoms with Crippen LogP contribution in [-0.4, -0.2) is 70.5 Å². The fraction of sp³-hybridized carbons (Fsp3) is 0.435. The minimum atomic E-state index is -1.45. The number of aliphatic hydroxyl groups is 2. The average molecular weight is 730 g/mol. The lowest BCUT2D eigenvalue weighted by Gasteiger charge is -2.40. The largest absolute Gasteiger partial charge is 0.462 e. The van der Waals surface area contributed by atoms with E-state index in [1.165, 1.54) is 0 Å². The van der Waals surface area contributed by atoms with E-state index in [4.69, 9.17) is 4.74 Å². The van der Waals surface area contributed by atoms with E-state index < -0.39 is 17.6 Å². The second kappa shape index (κ2) is 17.8. The van der Waals surface area contributed by atoms with Gasteiger partial charge in [0.1, 0.15) is 17.6 Å². The number of rotatable bonds is 14. The van der Waals surface area contributed by atoms with E-state index in [0.29, 0.717) is 24.4 Å². The number of hydrogen-bond donors (Lipinski definition) is 4. The standard InChI is InChI=1S/C46H55N3O5/c50-32-42(35-15-7-2-8-16-35)44(51)54-41-30-39-25-26-40(31-41)49(39)28-27-33-21-23-38(24-22-33)47-45(52)48-43(29-34-13-5-1-6-14-34)46(53,36-17-9-3-10-18-36)37-19-11-4-12-20-37/h1-20,33,38-43,50,53H,21-32H2,(H2,47,48,52)/t33?,38?,39?,40?,41?,42?,43-/m1/s1. The molecule has 4 atom stereocenters. The van der Waals surface area contributed by atoms with E-state index in [1.807, 2.05) is 121 Å². The quantitative estimate of drug-likeness (QED) is 0.103. The number of hydrogen-bond acceptors (Lipinski definition) is 6. The molecule has 4 aromatic carbocycles. The van der Waals surface area contributed by atoms with E-state index in [-0.39, 0.29) is 30.8 Å². The molecule has 3 unspecified atom stereocenters. The van der Waals surface area contributed by atoms with Crippen LogP contribution in [0.1, 0.15) is 86.0 Å². The van der Waals surface area contributed by atoms with Crippen molar-refractivity contribution in [2.45, 2.75) is 106 Å². The zero-order valence-electron chi connectivity index (χ0n) is 31.1. The van der Waals surface area contributed by atoms with Gasteiger partial charge in [0.2, 0.25) is 0 Å². The first-order chi connectivity index (χ1) is 26.4. The number of carbonyl (C=O) groups excluding carboxylic acids is 2. The number of aliphatic hydroxyl groups excluding tert-OH is 1. The van der Waals surface area contributed by atoms with Crippen LogP contribution in [0.2, 0.25) is 0 Å². The van der Waals surface area contributed by atoms with Gasteiger partial charge in [-0.05, 0) is 86.1 Å². The third-order valence-electron chi connectivity index (χ3n) is 12.3. The number of fused-ring (bicyclic) bond motifs is 2. The van der Waals surface area contributed by atoms with Gasteiger partial charge in [-0.15, -0.1) is 0 Å². The van der Waals surface area contributed by atoms with Crippen molar-refractivity contribution in [2.24, 2.45) is 5.92 Å². The molecule has 284 valence electrons. The molecule has 2 bridgehead atoms. The first kappa shape index (κ1) is 37.8. The number of benzene rings is 4. The van der Waals surface area contributed by atoms with Gasteiger partial charge in [0, 0.05) is 31.0 Å². The number of nitrogens with zero attached hydrogens (tertiary/aromatic N) is 1. The highest BCUT2D eigenvalue weighted by Crippen LogP contribution is 2.39. The monoisotopic (exact) mass is 729 g/mol. The normalized spacial score (nSPS) is 23.9. The van der Waals surface area contributed by atoms with E-state index in [2.05, 4.69) is 15.5 Å². The van der Waals surface area contributed by atoms with E-state index in [1.54, 1.807) is 0 Å². The summed E-state index contributed by atoms with van der Waals surface area (Å²) in [6, 6.07) is 38.8. The maximum absolute atomic E-state index is 13.8. The highest BCUT2D eigenvalue weighted by Gasteiger charge is 2.43. The summed E-state index contributed by atoms with van der Waals surface area (Å²) in [5.41, 5.74) is 1.84. The molecule has 2 amide bonds. The molecule has 2 aliphatic heterocycles. The second-order valence-corrected chi connectivity index (χ2v) is 15.7. The molecule has 8 heteroatoms. The van der Waals surface area contributed by atoms with Crippen LogP contribution in [0.15, 0.2) is 121 Å². The molecule has 7 rings (SSSR count). The van der Waals surface area contributed by atoms with Crippen molar-refractivity contribution >= 4 is 12.0 Å². The topological polar surface area (TPSA) is 111 Å². The highest BCUT2D eigenvalue weighted by atomic mass is 16.5. The second-order valence-electron chi connectivity index (χ2n) is 15.7. The van der Waals surface area contributed by atoms with Crippen LogP contribution in [0.5, 0.6) is 0 Å². The molecule has 8 nitrogen and oxygen atoms in total. The molecule has 3 aliphatic rings. The Morgan fingerprint density at radius 1 is 0.741 bits per heavy atom. The van der Waals surface area contributed by atoms with Crippen molar-refractivity contribution < 1.29 is 24.5 Å². The van der Waals surface area contributed by atoms with Gasteiger partial charge in [-0.25, -0.2) is 4.79 Å². The molecule has 4 N–H and O–H groups in total. The summed E-state index contributed by atoms with van der Waals surface area (Å²) in [5.74, 6) is -0.347. The van der Waals surface area contributed by atoms with Gasteiger partial charge in [0.25, 0.3) is 0 Å². The predicted octanol–water partition coefficient (Wildman–Crippen LogP) is 7.10. The van der Waals surface area contributed by atoms with Crippen molar-refractivity contribution in [3.05, 3.63) is 144 Å². The summed E-state index contributed by atoms with van der Waals surface area (Å²) in [6.07, 6.45) is 9.50. The Labute approximate surface area is 319 Å². The third kappa shape index (κ3) is 8.89. The van der Waals surface area contributed by atoms with Crippen molar-refractivity contribution in [3.8, 4) is 0 Å². The van der Waals surface area contributed by atoms with Gasteiger partial charge in [-0.1, -0.05) is 121 Å². The average Bonchev–Trinajstić information content (AvgIpc) is 3.45. The van der Waals surface area contributed by atoms with Gasteiger partial charge in [0.15, 0.2) is 0 Å². The first-order valence-electron chi connectivity index (χ1n) is 20.0. The number of nitrogens with one attached hydrogen (secondary N) is 2. The number of esters is 1. The van der Waals surface area contributed by atoms with Crippen molar-refractivity contribution in [3.63, 3.8) is 0 Å². The number of urea groups is 1. The maximum atomic E-state index is 13.8. The van der Waals surface area contributed by atoms with E-state index >= 15 is 0 Å². The Morgan fingerprint density at radius 3 is 1.83 bits per heavy atom. The van der Waals surface area contributed by atoms with Crippen LogP contribution < -0.4 is 10.6 Å². The van der Waals surface area contributed by atoms with Crippen LogP contribution in [0.3, 0.4) is 0 Å². The zero-order valence-corrected chi connectivity index (χ0v) is 31.1. The van der Waals surface area contributed by atoms with E-state index in [0.717, 1.165) is 86.6 Å². The molecule has 2 heterocycles. The molecule has 3 fully saturated rings.